The van der Waals surface area contributed by atoms with Gasteiger partial charge in [0.1, 0.15) is 5.75 Å². The summed E-state index contributed by atoms with van der Waals surface area (Å²) in [5.41, 5.74) is 3.57. The first-order valence-electron chi connectivity index (χ1n) is 8.21. The molecule has 1 aliphatic heterocycles. The zero-order chi connectivity index (χ0) is 18.0. The Morgan fingerprint density at radius 1 is 1.24 bits per heavy atom. The molecular formula is C20H21NO4. The van der Waals surface area contributed by atoms with Crippen LogP contribution in [0, 0.1) is 6.92 Å². The Morgan fingerprint density at radius 2 is 2.00 bits per heavy atom. The van der Waals surface area contributed by atoms with Gasteiger partial charge >= 0.3 is 5.97 Å². The fourth-order valence-corrected chi connectivity index (χ4v) is 3.27. The highest BCUT2D eigenvalue weighted by molar-refractivity contribution is 5.83. The largest absolute Gasteiger partial charge is 0.496 e. The number of carbonyl (C=O) groups is 2. The molecule has 1 aliphatic rings. The molecule has 5 heteroatoms. The number of methoxy groups -OCH3 is 1. The van der Waals surface area contributed by atoms with Crippen molar-refractivity contribution in [1.29, 1.82) is 0 Å². The molecule has 0 spiro atoms. The van der Waals surface area contributed by atoms with E-state index in [0.717, 1.165) is 28.0 Å². The molecule has 0 radical (unpaired) electrons. The van der Waals surface area contributed by atoms with Gasteiger partial charge in [0, 0.05) is 13.1 Å². The third-order valence-electron chi connectivity index (χ3n) is 4.67. The van der Waals surface area contributed by atoms with Gasteiger partial charge in [-0.15, -0.1) is 0 Å². The van der Waals surface area contributed by atoms with E-state index >= 15 is 0 Å². The van der Waals surface area contributed by atoms with Crippen LogP contribution in [0.15, 0.2) is 42.5 Å². The normalized spacial score (nSPS) is 16.2. The molecule has 130 valence electrons. The molecule has 2 aromatic rings. The van der Waals surface area contributed by atoms with Crippen molar-refractivity contribution in [3.63, 3.8) is 0 Å². The van der Waals surface area contributed by atoms with Crippen molar-refractivity contribution in [1.82, 2.24) is 4.90 Å². The molecule has 0 saturated carbocycles. The van der Waals surface area contributed by atoms with Crippen molar-refractivity contribution in [3.8, 4) is 5.75 Å². The molecule has 0 saturated heterocycles. The van der Waals surface area contributed by atoms with Crippen molar-refractivity contribution in [2.24, 2.45) is 0 Å². The van der Waals surface area contributed by atoms with E-state index in [1.54, 1.807) is 12.0 Å². The van der Waals surface area contributed by atoms with Crippen LogP contribution < -0.4 is 4.74 Å². The summed E-state index contributed by atoms with van der Waals surface area (Å²) in [5.74, 6) is -0.909. The Hall–Kier alpha value is -2.82. The predicted molar refractivity (Wildman–Crippen MR) is 93.7 cm³/mol. The molecule has 1 N–H and O–H groups in total. The van der Waals surface area contributed by atoms with Gasteiger partial charge in [0.25, 0.3) is 0 Å². The molecule has 3 rings (SSSR count). The topological polar surface area (TPSA) is 66.8 Å². The van der Waals surface area contributed by atoms with Crippen LogP contribution in [-0.4, -0.2) is 35.5 Å². The molecule has 0 aromatic heterocycles. The van der Waals surface area contributed by atoms with Crippen molar-refractivity contribution < 1.29 is 19.4 Å². The lowest BCUT2D eigenvalue weighted by Gasteiger charge is -2.33. The second kappa shape index (κ2) is 6.97. The van der Waals surface area contributed by atoms with E-state index in [1.165, 1.54) is 0 Å². The molecule has 0 aliphatic carbocycles. The molecular weight excluding hydrogens is 318 g/mol. The molecule has 1 amide bonds. The highest BCUT2D eigenvalue weighted by Gasteiger charge is 2.32. The number of rotatable bonds is 4. The standard InChI is InChI=1S/C20H21NO4/c1-13-7-8-14(9-18(13)25-2)10-19(22)21-11-15-5-3-4-6-16(15)17(12-21)20(23)24/h3-9,17H,10-12H2,1-2H3,(H,23,24). The average Bonchev–Trinajstić information content (AvgIpc) is 2.62. The zero-order valence-corrected chi connectivity index (χ0v) is 14.4. The summed E-state index contributed by atoms with van der Waals surface area (Å²) in [6.45, 7) is 2.60. The quantitative estimate of drug-likeness (QED) is 0.930. The minimum Gasteiger partial charge on any atom is -0.496 e. The van der Waals surface area contributed by atoms with E-state index in [9.17, 15) is 14.7 Å². The zero-order valence-electron chi connectivity index (χ0n) is 14.4. The summed E-state index contributed by atoms with van der Waals surface area (Å²) in [6.07, 6.45) is 0.227. The predicted octanol–water partition coefficient (Wildman–Crippen LogP) is 2.76. The molecule has 2 aromatic carbocycles. The summed E-state index contributed by atoms with van der Waals surface area (Å²) in [5, 5.41) is 9.52. The molecule has 0 bridgehead atoms. The van der Waals surface area contributed by atoms with Gasteiger partial charge in [-0.2, -0.15) is 0 Å². The average molecular weight is 339 g/mol. The number of hydrogen-bond acceptors (Lipinski definition) is 3. The van der Waals surface area contributed by atoms with Gasteiger partial charge in [0.15, 0.2) is 0 Å². The lowest BCUT2D eigenvalue weighted by atomic mass is 9.89. The van der Waals surface area contributed by atoms with Gasteiger partial charge in [-0.1, -0.05) is 36.4 Å². The Bertz CT molecular complexity index is 815. The fraction of sp³-hybridized carbons (Fsp3) is 0.300. The van der Waals surface area contributed by atoms with Crippen LogP contribution in [-0.2, 0) is 22.6 Å². The summed E-state index contributed by atoms with van der Waals surface area (Å²) in [4.78, 5) is 26.0. The van der Waals surface area contributed by atoms with Gasteiger partial charge in [0.05, 0.1) is 19.4 Å². The number of amides is 1. The van der Waals surface area contributed by atoms with Gasteiger partial charge in [-0.3, -0.25) is 9.59 Å². The Kier molecular flexibility index (Phi) is 4.74. The number of fused-ring (bicyclic) bond motifs is 1. The van der Waals surface area contributed by atoms with Crippen molar-refractivity contribution in [2.75, 3.05) is 13.7 Å². The van der Waals surface area contributed by atoms with Gasteiger partial charge in [-0.25, -0.2) is 0 Å². The Labute approximate surface area is 146 Å². The third kappa shape index (κ3) is 3.50. The van der Waals surface area contributed by atoms with Gasteiger partial charge in [0.2, 0.25) is 5.91 Å². The minimum atomic E-state index is -0.901. The molecule has 1 unspecified atom stereocenters. The number of carboxylic acid groups (broad SMARTS) is 1. The maximum atomic E-state index is 12.7. The molecule has 1 atom stereocenters. The molecule has 0 fully saturated rings. The summed E-state index contributed by atoms with van der Waals surface area (Å²) in [6, 6.07) is 13.1. The fourth-order valence-electron chi connectivity index (χ4n) is 3.27. The van der Waals surface area contributed by atoms with Crippen LogP contribution in [0.4, 0.5) is 0 Å². The molecule has 5 nitrogen and oxygen atoms in total. The minimum absolute atomic E-state index is 0.0772. The number of nitrogens with zero attached hydrogens (tertiary/aromatic N) is 1. The van der Waals surface area contributed by atoms with E-state index in [2.05, 4.69) is 0 Å². The highest BCUT2D eigenvalue weighted by atomic mass is 16.5. The van der Waals surface area contributed by atoms with E-state index in [4.69, 9.17) is 4.74 Å². The van der Waals surface area contributed by atoms with Crippen molar-refractivity contribution in [3.05, 3.63) is 64.7 Å². The molecule has 25 heavy (non-hydrogen) atoms. The van der Waals surface area contributed by atoms with E-state index in [1.807, 2.05) is 49.4 Å². The Balaban J connectivity index is 1.80. The lowest BCUT2D eigenvalue weighted by Crippen LogP contribution is -2.41. The van der Waals surface area contributed by atoms with Crippen LogP contribution in [0.3, 0.4) is 0 Å². The number of aliphatic carboxylic acids is 1. The van der Waals surface area contributed by atoms with Crippen LogP contribution in [0.25, 0.3) is 0 Å². The van der Waals surface area contributed by atoms with Crippen LogP contribution >= 0.6 is 0 Å². The van der Waals surface area contributed by atoms with E-state index < -0.39 is 11.9 Å². The first kappa shape index (κ1) is 17.0. The monoisotopic (exact) mass is 339 g/mol. The number of aryl methyl sites for hydroxylation is 1. The summed E-state index contributed by atoms with van der Waals surface area (Å²) >= 11 is 0. The van der Waals surface area contributed by atoms with Gasteiger partial charge < -0.3 is 14.7 Å². The highest BCUT2D eigenvalue weighted by Crippen LogP contribution is 2.29. The number of carbonyl (C=O) groups excluding carboxylic acids is 1. The third-order valence-corrected chi connectivity index (χ3v) is 4.67. The Morgan fingerprint density at radius 3 is 2.72 bits per heavy atom. The first-order chi connectivity index (χ1) is 12.0. The molecule has 1 heterocycles. The SMILES string of the molecule is COc1cc(CC(=O)N2Cc3ccccc3C(C(=O)O)C2)ccc1C. The van der Waals surface area contributed by atoms with E-state index in [0.29, 0.717) is 6.54 Å². The van der Waals surface area contributed by atoms with Crippen LogP contribution in [0.5, 0.6) is 5.75 Å². The number of ether oxygens (including phenoxy) is 1. The smallest absolute Gasteiger partial charge is 0.312 e. The number of carboxylic acids is 1. The lowest BCUT2D eigenvalue weighted by molar-refractivity contribution is -0.141. The van der Waals surface area contributed by atoms with Gasteiger partial charge in [-0.05, 0) is 35.2 Å². The number of benzene rings is 2. The van der Waals surface area contributed by atoms with Crippen molar-refractivity contribution >= 4 is 11.9 Å². The maximum absolute atomic E-state index is 12.7. The summed E-state index contributed by atoms with van der Waals surface area (Å²) in [7, 11) is 1.60. The van der Waals surface area contributed by atoms with Crippen LogP contribution in [0.1, 0.15) is 28.2 Å². The maximum Gasteiger partial charge on any atom is 0.312 e. The summed E-state index contributed by atoms with van der Waals surface area (Å²) < 4.78 is 5.31. The number of hydrogen-bond donors (Lipinski definition) is 1. The second-order valence-electron chi connectivity index (χ2n) is 6.34. The van der Waals surface area contributed by atoms with E-state index in [-0.39, 0.29) is 18.9 Å². The van der Waals surface area contributed by atoms with Crippen molar-refractivity contribution in [2.45, 2.75) is 25.8 Å². The van der Waals surface area contributed by atoms with Crippen LogP contribution in [0.2, 0.25) is 0 Å². The first-order valence-corrected chi connectivity index (χ1v) is 8.21. The second-order valence-corrected chi connectivity index (χ2v) is 6.34.